The summed E-state index contributed by atoms with van der Waals surface area (Å²) < 4.78 is -0.0589. The van der Waals surface area contributed by atoms with Crippen LogP contribution in [0.2, 0.25) is 0 Å². The largest absolute Gasteiger partial charge is 0.164 e. The third kappa shape index (κ3) is 1.000. The lowest BCUT2D eigenvalue weighted by Gasteiger charge is -2.15. The van der Waals surface area contributed by atoms with Crippen molar-refractivity contribution in [2.24, 2.45) is 0 Å². The predicted octanol–water partition coefficient (Wildman–Crippen LogP) is 2.86. The van der Waals surface area contributed by atoms with Crippen molar-refractivity contribution >= 4 is 18.7 Å². The number of thiol groups is 1. The van der Waals surface area contributed by atoms with Crippen LogP contribution in [0.25, 0.3) is 6.08 Å². The highest BCUT2D eigenvalue weighted by Gasteiger charge is 2.24. The molecule has 1 aromatic carbocycles. The highest BCUT2D eigenvalue weighted by Crippen LogP contribution is 2.38. The zero-order chi connectivity index (χ0) is 7.90. The number of fused-ring (bicyclic) bond motifs is 1. The van der Waals surface area contributed by atoms with Crippen LogP contribution in [0.5, 0.6) is 0 Å². The standard InChI is InChI=1S/C10H10S/c1-10(11)7-6-8-4-2-3-5-9(8)10/h2-7,11H,1H3. The quantitative estimate of drug-likeness (QED) is 0.557. The molecule has 1 aliphatic carbocycles. The molecule has 0 spiro atoms. The molecular formula is C10H10S. The minimum Gasteiger partial charge on any atom is -0.164 e. The van der Waals surface area contributed by atoms with E-state index in [1.807, 2.05) is 0 Å². The Morgan fingerprint density at radius 2 is 2.00 bits per heavy atom. The van der Waals surface area contributed by atoms with E-state index in [-0.39, 0.29) is 4.75 Å². The molecule has 0 aromatic heterocycles. The van der Waals surface area contributed by atoms with E-state index in [9.17, 15) is 0 Å². The first-order valence-electron chi connectivity index (χ1n) is 3.71. The maximum Gasteiger partial charge on any atom is 0.0538 e. The second-order valence-corrected chi connectivity index (χ2v) is 4.00. The molecule has 0 nitrogen and oxygen atoms in total. The van der Waals surface area contributed by atoms with Crippen molar-refractivity contribution in [3.63, 3.8) is 0 Å². The minimum absolute atomic E-state index is 0.0589. The lowest BCUT2D eigenvalue weighted by molar-refractivity contribution is 0.910. The van der Waals surface area contributed by atoms with Crippen molar-refractivity contribution in [3.05, 3.63) is 41.5 Å². The van der Waals surface area contributed by atoms with Gasteiger partial charge in [0.05, 0.1) is 4.75 Å². The van der Waals surface area contributed by atoms with Gasteiger partial charge in [-0.15, -0.1) is 0 Å². The molecule has 1 atom stereocenters. The van der Waals surface area contributed by atoms with Crippen LogP contribution in [0.4, 0.5) is 0 Å². The van der Waals surface area contributed by atoms with Crippen molar-refractivity contribution < 1.29 is 0 Å². The van der Waals surface area contributed by atoms with E-state index in [2.05, 4.69) is 56.0 Å². The third-order valence-electron chi connectivity index (χ3n) is 2.09. The van der Waals surface area contributed by atoms with Crippen molar-refractivity contribution in [2.45, 2.75) is 11.7 Å². The van der Waals surface area contributed by atoms with Gasteiger partial charge in [-0.3, -0.25) is 0 Å². The van der Waals surface area contributed by atoms with Gasteiger partial charge in [0.1, 0.15) is 0 Å². The van der Waals surface area contributed by atoms with Crippen LogP contribution in [-0.4, -0.2) is 0 Å². The van der Waals surface area contributed by atoms with Gasteiger partial charge in [0, 0.05) is 0 Å². The molecule has 1 aromatic rings. The summed E-state index contributed by atoms with van der Waals surface area (Å²) in [5.74, 6) is 0. The van der Waals surface area contributed by atoms with Crippen LogP contribution in [0, 0.1) is 0 Å². The first-order chi connectivity index (χ1) is 5.20. The summed E-state index contributed by atoms with van der Waals surface area (Å²) in [6.45, 7) is 2.11. The lowest BCUT2D eigenvalue weighted by atomic mass is 10.0. The topological polar surface area (TPSA) is 0 Å². The van der Waals surface area contributed by atoms with Crippen molar-refractivity contribution in [3.8, 4) is 0 Å². The Bertz CT molecular complexity index is 310. The second-order valence-electron chi connectivity index (χ2n) is 3.07. The fraction of sp³-hybridized carbons (Fsp3) is 0.200. The molecule has 2 rings (SSSR count). The van der Waals surface area contributed by atoms with Crippen LogP contribution in [-0.2, 0) is 4.75 Å². The highest BCUT2D eigenvalue weighted by atomic mass is 32.1. The molecule has 56 valence electrons. The SMILES string of the molecule is CC1(S)C=Cc2ccccc21. The normalized spacial score (nSPS) is 27.1. The predicted molar refractivity (Wildman–Crippen MR) is 51.8 cm³/mol. The Kier molecular flexibility index (Phi) is 1.36. The molecule has 0 amide bonds. The Hall–Kier alpha value is -0.690. The molecular weight excluding hydrogens is 152 g/mol. The molecule has 11 heavy (non-hydrogen) atoms. The molecule has 1 aliphatic rings. The molecule has 0 aliphatic heterocycles. The zero-order valence-corrected chi connectivity index (χ0v) is 7.31. The molecule has 0 N–H and O–H groups in total. The van der Waals surface area contributed by atoms with Gasteiger partial charge in [-0.05, 0) is 18.1 Å². The van der Waals surface area contributed by atoms with E-state index in [1.165, 1.54) is 11.1 Å². The van der Waals surface area contributed by atoms with Crippen LogP contribution in [0.3, 0.4) is 0 Å². The van der Waals surface area contributed by atoms with Gasteiger partial charge in [-0.1, -0.05) is 36.4 Å². The number of hydrogen-bond acceptors (Lipinski definition) is 1. The monoisotopic (exact) mass is 162 g/mol. The fourth-order valence-electron chi connectivity index (χ4n) is 1.45. The van der Waals surface area contributed by atoms with E-state index in [0.29, 0.717) is 0 Å². The summed E-state index contributed by atoms with van der Waals surface area (Å²) >= 11 is 4.54. The molecule has 0 bridgehead atoms. The van der Waals surface area contributed by atoms with Gasteiger partial charge in [-0.2, -0.15) is 12.6 Å². The summed E-state index contributed by atoms with van der Waals surface area (Å²) in [4.78, 5) is 0. The summed E-state index contributed by atoms with van der Waals surface area (Å²) in [7, 11) is 0. The fourth-order valence-corrected chi connectivity index (χ4v) is 1.72. The van der Waals surface area contributed by atoms with Crippen molar-refractivity contribution in [2.75, 3.05) is 0 Å². The molecule has 1 unspecified atom stereocenters. The Balaban J connectivity index is 2.64. The van der Waals surface area contributed by atoms with Crippen LogP contribution >= 0.6 is 12.6 Å². The molecule has 0 saturated carbocycles. The third-order valence-corrected chi connectivity index (χ3v) is 2.48. The van der Waals surface area contributed by atoms with Gasteiger partial charge in [0.2, 0.25) is 0 Å². The lowest BCUT2D eigenvalue weighted by Crippen LogP contribution is -2.06. The van der Waals surface area contributed by atoms with Crippen LogP contribution in [0.1, 0.15) is 18.1 Å². The molecule has 1 heteroatoms. The molecule has 0 radical (unpaired) electrons. The van der Waals surface area contributed by atoms with Crippen molar-refractivity contribution in [1.82, 2.24) is 0 Å². The molecule has 0 saturated heterocycles. The van der Waals surface area contributed by atoms with E-state index in [0.717, 1.165) is 0 Å². The molecule has 0 heterocycles. The smallest absolute Gasteiger partial charge is 0.0538 e. The number of benzene rings is 1. The summed E-state index contributed by atoms with van der Waals surface area (Å²) in [5, 5.41) is 0. The average molecular weight is 162 g/mol. The maximum atomic E-state index is 4.54. The van der Waals surface area contributed by atoms with Crippen LogP contribution < -0.4 is 0 Å². The van der Waals surface area contributed by atoms with Gasteiger partial charge in [0.25, 0.3) is 0 Å². The number of rotatable bonds is 0. The Morgan fingerprint density at radius 3 is 2.73 bits per heavy atom. The van der Waals surface area contributed by atoms with Gasteiger partial charge < -0.3 is 0 Å². The summed E-state index contributed by atoms with van der Waals surface area (Å²) in [5.41, 5.74) is 2.60. The first-order valence-corrected chi connectivity index (χ1v) is 4.16. The van der Waals surface area contributed by atoms with Crippen LogP contribution in [0.15, 0.2) is 30.3 Å². The van der Waals surface area contributed by atoms with E-state index in [4.69, 9.17) is 0 Å². The highest BCUT2D eigenvalue weighted by molar-refractivity contribution is 7.81. The van der Waals surface area contributed by atoms with Gasteiger partial charge in [0.15, 0.2) is 0 Å². The Morgan fingerprint density at radius 1 is 1.27 bits per heavy atom. The van der Waals surface area contributed by atoms with E-state index < -0.39 is 0 Å². The number of hydrogen-bond donors (Lipinski definition) is 1. The minimum atomic E-state index is -0.0589. The summed E-state index contributed by atoms with van der Waals surface area (Å²) in [6, 6.07) is 8.36. The average Bonchev–Trinajstić information content (AvgIpc) is 2.29. The van der Waals surface area contributed by atoms with Crippen molar-refractivity contribution in [1.29, 1.82) is 0 Å². The van der Waals surface area contributed by atoms with Gasteiger partial charge in [-0.25, -0.2) is 0 Å². The molecule has 0 fully saturated rings. The second kappa shape index (κ2) is 2.15. The first kappa shape index (κ1) is 6.99. The summed E-state index contributed by atoms with van der Waals surface area (Å²) in [6.07, 6.45) is 4.25. The zero-order valence-electron chi connectivity index (χ0n) is 6.41. The maximum absolute atomic E-state index is 4.54. The van der Waals surface area contributed by atoms with E-state index in [1.54, 1.807) is 0 Å². The van der Waals surface area contributed by atoms with E-state index >= 15 is 0 Å². The van der Waals surface area contributed by atoms with Gasteiger partial charge >= 0.3 is 0 Å². The Labute approximate surface area is 72.4 Å².